The maximum atomic E-state index is 14.0. The van der Waals surface area contributed by atoms with Crippen LogP contribution in [0.1, 0.15) is 20.3 Å². The van der Waals surface area contributed by atoms with Gasteiger partial charge in [0.2, 0.25) is 5.91 Å². The number of amides is 1. The van der Waals surface area contributed by atoms with E-state index in [0.29, 0.717) is 18.7 Å². The molecule has 1 heterocycles. The third kappa shape index (κ3) is 2.56. The lowest BCUT2D eigenvalue weighted by Crippen LogP contribution is -2.55. The molecule has 0 radical (unpaired) electrons. The van der Waals surface area contributed by atoms with Crippen LogP contribution in [-0.2, 0) is 4.79 Å². The summed E-state index contributed by atoms with van der Waals surface area (Å²) in [6.07, 6.45) is 0.684. The molecule has 5 heteroatoms. The molecule has 104 valence electrons. The van der Waals surface area contributed by atoms with Crippen LogP contribution in [0.2, 0.25) is 0 Å². The Balaban J connectivity index is 2.52. The van der Waals surface area contributed by atoms with Gasteiger partial charge >= 0.3 is 0 Å². The number of nitrogens with one attached hydrogen (secondary N) is 1. The normalized spacial score (nSPS) is 22.8. The Morgan fingerprint density at radius 1 is 1.47 bits per heavy atom. The molecule has 1 atom stereocenters. The van der Waals surface area contributed by atoms with Crippen molar-refractivity contribution in [3.63, 3.8) is 0 Å². The number of aliphatic hydroxyl groups excluding tert-OH is 1. The van der Waals surface area contributed by atoms with Crippen LogP contribution in [-0.4, -0.2) is 35.7 Å². The predicted molar refractivity (Wildman–Crippen MR) is 71.5 cm³/mol. The van der Waals surface area contributed by atoms with E-state index < -0.39 is 11.6 Å². The molecule has 0 bridgehead atoms. The fourth-order valence-corrected chi connectivity index (χ4v) is 2.57. The van der Waals surface area contributed by atoms with E-state index in [4.69, 9.17) is 0 Å². The molecule has 1 aromatic carbocycles. The van der Waals surface area contributed by atoms with Gasteiger partial charge < -0.3 is 15.3 Å². The number of halogens is 1. The number of hydrogen-bond acceptors (Lipinski definition) is 3. The van der Waals surface area contributed by atoms with E-state index in [9.17, 15) is 14.3 Å². The fraction of sp³-hybridized carbons (Fsp3) is 0.500. The molecule has 1 amide bonds. The molecule has 19 heavy (non-hydrogen) atoms. The Labute approximate surface area is 112 Å². The minimum Gasteiger partial charge on any atom is -0.394 e. The second kappa shape index (κ2) is 5.17. The third-order valence-electron chi connectivity index (χ3n) is 3.59. The first-order chi connectivity index (χ1) is 8.97. The molecule has 1 saturated heterocycles. The van der Waals surface area contributed by atoms with Gasteiger partial charge in [-0.15, -0.1) is 0 Å². The van der Waals surface area contributed by atoms with Crippen LogP contribution < -0.4 is 10.2 Å². The monoisotopic (exact) mass is 266 g/mol. The summed E-state index contributed by atoms with van der Waals surface area (Å²) in [5.41, 5.74) is -0.0713. The van der Waals surface area contributed by atoms with Crippen LogP contribution >= 0.6 is 0 Å². The van der Waals surface area contributed by atoms with Crippen LogP contribution in [0.4, 0.5) is 10.1 Å². The quantitative estimate of drug-likeness (QED) is 0.848. The van der Waals surface area contributed by atoms with E-state index in [1.54, 1.807) is 23.1 Å². The second-order valence-corrected chi connectivity index (χ2v) is 5.37. The summed E-state index contributed by atoms with van der Waals surface area (Å²) in [6.45, 7) is 4.07. The number of carbonyl (C=O) groups excluding carboxylic acids is 1. The van der Waals surface area contributed by atoms with Crippen LogP contribution in [0.3, 0.4) is 0 Å². The highest BCUT2D eigenvalue weighted by Crippen LogP contribution is 2.32. The van der Waals surface area contributed by atoms with Crippen LogP contribution in [0.5, 0.6) is 0 Å². The molecule has 2 rings (SSSR count). The molecular formula is C14H19FN2O2. The molecule has 1 aliphatic rings. The number of hydrogen-bond donors (Lipinski definition) is 2. The maximum absolute atomic E-state index is 14.0. The van der Waals surface area contributed by atoms with Gasteiger partial charge in [0, 0.05) is 12.1 Å². The fourth-order valence-electron chi connectivity index (χ4n) is 2.57. The zero-order chi connectivity index (χ0) is 14.0. The van der Waals surface area contributed by atoms with Gasteiger partial charge in [-0.2, -0.15) is 0 Å². The summed E-state index contributed by atoms with van der Waals surface area (Å²) in [5, 5.41) is 12.3. The van der Waals surface area contributed by atoms with Gasteiger partial charge in [-0.05, 0) is 32.4 Å². The van der Waals surface area contributed by atoms with Crippen molar-refractivity contribution in [3.8, 4) is 0 Å². The number of anilines is 1. The molecule has 0 saturated carbocycles. The van der Waals surface area contributed by atoms with Gasteiger partial charge in [-0.1, -0.05) is 12.1 Å². The Morgan fingerprint density at radius 2 is 2.16 bits per heavy atom. The van der Waals surface area contributed by atoms with Gasteiger partial charge in [0.15, 0.2) is 0 Å². The Hall–Kier alpha value is -1.62. The number of para-hydroxylation sites is 1. The van der Waals surface area contributed by atoms with Crippen molar-refractivity contribution < 1.29 is 14.3 Å². The van der Waals surface area contributed by atoms with E-state index in [1.165, 1.54) is 6.07 Å². The van der Waals surface area contributed by atoms with Crippen molar-refractivity contribution in [3.05, 3.63) is 30.1 Å². The molecule has 0 spiro atoms. The van der Waals surface area contributed by atoms with E-state index in [2.05, 4.69) is 5.32 Å². The first kappa shape index (κ1) is 13.8. The Morgan fingerprint density at radius 3 is 2.79 bits per heavy atom. The minimum atomic E-state index is -0.769. The molecule has 0 aliphatic carbocycles. The Kier molecular flexibility index (Phi) is 3.75. The largest absolute Gasteiger partial charge is 0.394 e. The van der Waals surface area contributed by atoms with Crippen molar-refractivity contribution in [1.29, 1.82) is 0 Å². The molecule has 1 unspecified atom stereocenters. The van der Waals surface area contributed by atoms with E-state index in [-0.39, 0.29) is 18.3 Å². The lowest BCUT2D eigenvalue weighted by atomic mass is 9.95. The smallest absolute Gasteiger partial charge is 0.245 e. The van der Waals surface area contributed by atoms with Crippen molar-refractivity contribution in [2.24, 2.45) is 0 Å². The molecule has 4 nitrogen and oxygen atoms in total. The highest BCUT2D eigenvalue weighted by atomic mass is 19.1. The van der Waals surface area contributed by atoms with Crippen molar-refractivity contribution in [2.75, 3.05) is 18.1 Å². The number of carbonyl (C=O) groups is 1. The highest BCUT2D eigenvalue weighted by molar-refractivity contribution is 5.86. The summed E-state index contributed by atoms with van der Waals surface area (Å²) in [6, 6.07) is 5.57. The zero-order valence-electron chi connectivity index (χ0n) is 11.2. The molecule has 1 aliphatic heterocycles. The lowest BCUT2D eigenvalue weighted by molar-refractivity contribution is -0.122. The Bertz CT molecular complexity index is 476. The average molecular weight is 266 g/mol. The van der Waals surface area contributed by atoms with Crippen molar-refractivity contribution in [2.45, 2.75) is 31.8 Å². The predicted octanol–water partition coefficient (Wildman–Crippen LogP) is 1.29. The molecule has 1 fully saturated rings. The lowest BCUT2D eigenvalue weighted by Gasteiger charge is -2.42. The van der Waals surface area contributed by atoms with Gasteiger partial charge in [-0.3, -0.25) is 4.79 Å². The summed E-state index contributed by atoms with van der Waals surface area (Å²) in [5.74, 6) is -0.653. The molecule has 1 aromatic rings. The highest BCUT2D eigenvalue weighted by Gasteiger charge is 2.39. The third-order valence-corrected chi connectivity index (χ3v) is 3.59. The van der Waals surface area contributed by atoms with Gasteiger partial charge in [0.25, 0.3) is 0 Å². The second-order valence-electron chi connectivity index (χ2n) is 5.37. The summed E-state index contributed by atoms with van der Waals surface area (Å²) >= 11 is 0. The number of nitrogens with zero attached hydrogens (tertiary/aromatic N) is 1. The van der Waals surface area contributed by atoms with E-state index in [0.717, 1.165) is 0 Å². The molecule has 0 aromatic heterocycles. The minimum absolute atomic E-state index is 0.267. The average Bonchev–Trinajstić information content (AvgIpc) is 2.46. The SMILES string of the molecule is CC1(C)CCNC(=O)C(CO)N1c1ccccc1F. The van der Waals surface area contributed by atoms with Crippen molar-refractivity contribution >= 4 is 11.6 Å². The van der Waals surface area contributed by atoms with Gasteiger partial charge in [-0.25, -0.2) is 4.39 Å². The van der Waals surface area contributed by atoms with Crippen LogP contribution in [0.25, 0.3) is 0 Å². The van der Waals surface area contributed by atoms with Gasteiger partial charge in [0.1, 0.15) is 11.9 Å². The summed E-state index contributed by atoms with van der Waals surface area (Å²) < 4.78 is 14.0. The number of aliphatic hydroxyl groups is 1. The van der Waals surface area contributed by atoms with E-state index >= 15 is 0 Å². The molecular weight excluding hydrogens is 247 g/mol. The van der Waals surface area contributed by atoms with E-state index in [1.807, 2.05) is 13.8 Å². The summed E-state index contributed by atoms with van der Waals surface area (Å²) in [4.78, 5) is 13.7. The maximum Gasteiger partial charge on any atom is 0.245 e. The van der Waals surface area contributed by atoms with Crippen LogP contribution in [0.15, 0.2) is 24.3 Å². The topological polar surface area (TPSA) is 52.6 Å². The number of benzene rings is 1. The van der Waals surface area contributed by atoms with Gasteiger partial charge in [0.05, 0.1) is 12.3 Å². The zero-order valence-corrected chi connectivity index (χ0v) is 11.2. The number of rotatable bonds is 2. The molecule has 2 N–H and O–H groups in total. The summed E-state index contributed by atoms with van der Waals surface area (Å²) in [7, 11) is 0. The van der Waals surface area contributed by atoms with Crippen molar-refractivity contribution in [1.82, 2.24) is 5.32 Å². The standard InChI is InChI=1S/C14H19FN2O2/c1-14(2)7-8-16-13(19)12(9-18)17(14)11-6-4-3-5-10(11)15/h3-6,12,18H,7-9H2,1-2H3,(H,16,19). The first-order valence-corrected chi connectivity index (χ1v) is 6.40. The van der Waals surface area contributed by atoms with Crippen LogP contribution in [0, 0.1) is 5.82 Å². The first-order valence-electron chi connectivity index (χ1n) is 6.40.